The second-order valence-corrected chi connectivity index (χ2v) is 7.70. The van der Waals surface area contributed by atoms with Crippen LogP contribution in [0.3, 0.4) is 0 Å². The van der Waals surface area contributed by atoms with Crippen molar-refractivity contribution >= 4 is 17.8 Å². The highest BCUT2D eigenvalue weighted by molar-refractivity contribution is 6.03. The van der Waals surface area contributed by atoms with E-state index in [1.165, 1.54) is 35.0 Å². The monoisotopic (exact) mass is 439 g/mol. The van der Waals surface area contributed by atoms with E-state index in [2.05, 4.69) is 10.6 Å². The highest BCUT2D eigenvalue weighted by Gasteiger charge is 2.45. The summed E-state index contributed by atoms with van der Waals surface area (Å²) in [4.78, 5) is 42.0. The first-order chi connectivity index (χ1) is 14.5. The van der Waals surface area contributed by atoms with Crippen molar-refractivity contribution in [2.45, 2.75) is 12.2 Å². The number of rotatable bonds is 6. The number of likely N-dealkylation sites (N-methyl/N-ethyl adjacent to an activating group) is 2. The molecule has 168 valence electrons. The van der Waals surface area contributed by atoms with Gasteiger partial charge in [-0.1, -0.05) is 18.2 Å². The molecule has 0 fully saturated rings. The summed E-state index contributed by atoms with van der Waals surface area (Å²) in [6.45, 7) is 0.716. The highest BCUT2D eigenvalue weighted by Crippen LogP contribution is 2.41. The van der Waals surface area contributed by atoms with Crippen LogP contribution in [0.5, 0.6) is 0 Å². The first kappa shape index (κ1) is 22.6. The molecule has 2 N–H and O–H groups in total. The van der Waals surface area contributed by atoms with E-state index in [9.17, 15) is 27.6 Å². The fourth-order valence-corrected chi connectivity index (χ4v) is 3.64. The summed E-state index contributed by atoms with van der Waals surface area (Å²) in [5, 5.41) is 5.19. The van der Waals surface area contributed by atoms with E-state index in [0.717, 1.165) is 6.07 Å². The van der Waals surface area contributed by atoms with Crippen LogP contribution < -0.4 is 10.6 Å². The number of halogens is 3. The van der Waals surface area contributed by atoms with Crippen LogP contribution in [0.15, 0.2) is 35.5 Å². The lowest BCUT2D eigenvalue weighted by Crippen LogP contribution is -2.45. The molecule has 1 unspecified atom stereocenters. The fraction of sp³-hybridized carbons (Fsp3) is 0.450. The number of amides is 4. The molecular weight excluding hydrogens is 415 g/mol. The van der Waals surface area contributed by atoms with Crippen molar-refractivity contribution in [3.05, 3.63) is 46.7 Å². The predicted molar refractivity (Wildman–Crippen MR) is 106 cm³/mol. The van der Waals surface area contributed by atoms with Crippen molar-refractivity contribution in [1.82, 2.24) is 25.3 Å². The van der Waals surface area contributed by atoms with Crippen molar-refractivity contribution < 1.29 is 27.6 Å². The molecule has 0 aliphatic carbocycles. The van der Waals surface area contributed by atoms with Gasteiger partial charge < -0.3 is 20.4 Å². The number of carbonyl (C=O) groups is 3. The van der Waals surface area contributed by atoms with Gasteiger partial charge in [0.2, 0.25) is 5.91 Å². The van der Waals surface area contributed by atoms with Gasteiger partial charge in [-0.2, -0.15) is 13.2 Å². The van der Waals surface area contributed by atoms with E-state index in [4.69, 9.17) is 0 Å². The molecule has 0 bridgehead atoms. The number of urea groups is 1. The largest absolute Gasteiger partial charge is 0.416 e. The maximum Gasteiger partial charge on any atom is 0.416 e. The molecule has 2 aliphatic rings. The van der Waals surface area contributed by atoms with Crippen molar-refractivity contribution in [3.63, 3.8) is 0 Å². The first-order valence-electron chi connectivity index (χ1n) is 9.64. The van der Waals surface area contributed by atoms with Crippen LogP contribution in [0.4, 0.5) is 18.0 Å². The number of carbonyl (C=O) groups excluding carboxylic acids is 3. The summed E-state index contributed by atoms with van der Waals surface area (Å²) >= 11 is 0. The van der Waals surface area contributed by atoms with Crippen molar-refractivity contribution in [3.8, 4) is 0 Å². The third-order valence-electron chi connectivity index (χ3n) is 5.23. The molecule has 2 heterocycles. The molecule has 3 rings (SSSR count). The summed E-state index contributed by atoms with van der Waals surface area (Å²) in [6.07, 6.45) is -4.65. The van der Waals surface area contributed by atoms with Crippen molar-refractivity contribution in [1.29, 1.82) is 0 Å². The normalized spacial score (nSPS) is 19.1. The molecule has 1 atom stereocenters. The van der Waals surface area contributed by atoms with E-state index < -0.39 is 29.7 Å². The van der Waals surface area contributed by atoms with Gasteiger partial charge in [-0.05, 0) is 25.7 Å². The number of benzene rings is 1. The maximum absolute atomic E-state index is 13.6. The zero-order chi connectivity index (χ0) is 22.9. The van der Waals surface area contributed by atoms with Crippen LogP contribution in [0.2, 0.25) is 0 Å². The maximum atomic E-state index is 13.6. The Hall–Kier alpha value is -3.08. The second-order valence-electron chi connectivity index (χ2n) is 7.70. The minimum Gasteiger partial charge on any atom is -0.353 e. The second kappa shape index (κ2) is 8.58. The lowest BCUT2D eigenvalue weighted by molar-refractivity contribution is -0.138. The Labute approximate surface area is 177 Å². The minimum atomic E-state index is -4.65. The predicted octanol–water partition coefficient (Wildman–Crippen LogP) is 1.18. The third kappa shape index (κ3) is 4.66. The molecule has 0 spiro atoms. The Morgan fingerprint density at radius 2 is 1.94 bits per heavy atom. The van der Waals surface area contributed by atoms with Gasteiger partial charge in [0.1, 0.15) is 6.54 Å². The SMILES string of the molecule is CN(C)CCNC(=O)CN1CC2=C(C1=O)C(c1ccccc1C(F)(F)F)NC(=O)N2C. The zero-order valence-electron chi connectivity index (χ0n) is 17.4. The Bertz CT molecular complexity index is 929. The number of nitrogens with one attached hydrogen (secondary N) is 2. The van der Waals surface area contributed by atoms with Crippen LogP contribution in [-0.4, -0.2) is 79.9 Å². The van der Waals surface area contributed by atoms with E-state index in [1.807, 2.05) is 19.0 Å². The molecule has 1 aromatic carbocycles. The molecule has 2 aliphatic heterocycles. The Morgan fingerprint density at radius 3 is 2.58 bits per heavy atom. The molecule has 0 saturated heterocycles. The van der Waals surface area contributed by atoms with Crippen LogP contribution >= 0.6 is 0 Å². The lowest BCUT2D eigenvalue weighted by atomic mass is 9.92. The number of hydrogen-bond acceptors (Lipinski definition) is 4. The summed E-state index contributed by atoms with van der Waals surface area (Å²) in [7, 11) is 5.14. The summed E-state index contributed by atoms with van der Waals surface area (Å²) in [6, 6.07) is 2.95. The summed E-state index contributed by atoms with van der Waals surface area (Å²) in [5.74, 6) is -0.962. The van der Waals surface area contributed by atoms with Gasteiger partial charge in [0.25, 0.3) is 5.91 Å². The third-order valence-corrected chi connectivity index (χ3v) is 5.23. The Morgan fingerprint density at radius 1 is 1.26 bits per heavy atom. The molecule has 0 radical (unpaired) electrons. The number of nitrogens with zero attached hydrogens (tertiary/aromatic N) is 3. The zero-order valence-corrected chi connectivity index (χ0v) is 17.4. The van der Waals surface area contributed by atoms with E-state index in [1.54, 1.807) is 0 Å². The van der Waals surface area contributed by atoms with Crippen LogP contribution in [0, 0.1) is 0 Å². The van der Waals surface area contributed by atoms with Crippen molar-refractivity contribution in [2.24, 2.45) is 0 Å². The molecular formula is C20H24F3N5O3. The average molecular weight is 439 g/mol. The van der Waals surface area contributed by atoms with Gasteiger partial charge in [0.05, 0.1) is 29.4 Å². The molecule has 8 nitrogen and oxygen atoms in total. The molecule has 11 heteroatoms. The first-order valence-corrected chi connectivity index (χ1v) is 9.64. The quantitative estimate of drug-likeness (QED) is 0.697. The van der Waals surface area contributed by atoms with Gasteiger partial charge in [-0.25, -0.2) is 4.79 Å². The lowest BCUT2D eigenvalue weighted by Gasteiger charge is -2.32. The van der Waals surface area contributed by atoms with E-state index >= 15 is 0 Å². The molecule has 4 amide bonds. The molecule has 0 saturated carbocycles. The molecule has 31 heavy (non-hydrogen) atoms. The highest BCUT2D eigenvalue weighted by atomic mass is 19.4. The Kier molecular flexibility index (Phi) is 6.25. The fourth-order valence-electron chi connectivity index (χ4n) is 3.64. The molecule has 1 aromatic rings. The average Bonchev–Trinajstić information content (AvgIpc) is 3.00. The van der Waals surface area contributed by atoms with Crippen LogP contribution in [-0.2, 0) is 15.8 Å². The van der Waals surface area contributed by atoms with Gasteiger partial charge >= 0.3 is 12.2 Å². The van der Waals surface area contributed by atoms with E-state index in [-0.39, 0.29) is 35.8 Å². The van der Waals surface area contributed by atoms with E-state index in [0.29, 0.717) is 13.1 Å². The minimum absolute atomic E-state index is 0.0378. The van der Waals surface area contributed by atoms with Gasteiger partial charge in [-0.15, -0.1) is 0 Å². The van der Waals surface area contributed by atoms with Crippen LogP contribution in [0.1, 0.15) is 17.2 Å². The van der Waals surface area contributed by atoms with Crippen molar-refractivity contribution in [2.75, 3.05) is 47.3 Å². The summed E-state index contributed by atoms with van der Waals surface area (Å²) < 4.78 is 40.7. The van der Waals surface area contributed by atoms with Gasteiger partial charge in [-0.3, -0.25) is 14.5 Å². The summed E-state index contributed by atoms with van der Waals surface area (Å²) in [5.41, 5.74) is -0.810. The smallest absolute Gasteiger partial charge is 0.353 e. The standard InChI is InChI=1S/C20H24F3N5O3/c1-26(2)9-8-24-15(29)11-28-10-14-16(18(28)30)17(25-19(31)27(14)3)12-6-4-5-7-13(12)20(21,22)23/h4-7,17H,8-11H2,1-3H3,(H,24,29)(H,25,31). The topological polar surface area (TPSA) is 85.0 Å². The van der Waals surface area contributed by atoms with Gasteiger partial charge in [0, 0.05) is 20.1 Å². The molecule has 0 aromatic heterocycles. The number of hydrogen-bond donors (Lipinski definition) is 2. The van der Waals surface area contributed by atoms with Crippen LogP contribution in [0.25, 0.3) is 0 Å². The Balaban J connectivity index is 1.87. The van der Waals surface area contributed by atoms with Gasteiger partial charge in [0.15, 0.2) is 0 Å². The number of alkyl halides is 3.